The Morgan fingerprint density at radius 2 is 2.12 bits per heavy atom. The standard InChI is InChI=1S/C8H7F3N2O4/c9-8(10,11)17-4-1-3(2-12)6(14)5(13-4)7(15)16/h1,14H,2,12H2,(H,15,16). The van der Waals surface area contributed by atoms with Gasteiger partial charge >= 0.3 is 12.3 Å². The van der Waals surface area contributed by atoms with E-state index >= 15 is 0 Å². The molecule has 4 N–H and O–H groups in total. The van der Waals surface area contributed by atoms with E-state index in [1.807, 2.05) is 0 Å². The van der Waals surface area contributed by atoms with E-state index < -0.39 is 29.7 Å². The van der Waals surface area contributed by atoms with Crippen molar-refractivity contribution >= 4 is 5.97 Å². The average molecular weight is 252 g/mol. The van der Waals surface area contributed by atoms with Gasteiger partial charge in [-0.15, -0.1) is 13.2 Å². The maximum atomic E-state index is 11.9. The number of rotatable bonds is 3. The molecule has 0 saturated carbocycles. The third kappa shape index (κ3) is 3.21. The number of alkyl halides is 3. The van der Waals surface area contributed by atoms with Crippen molar-refractivity contribution < 1.29 is 32.9 Å². The van der Waals surface area contributed by atoms with E-state index in [1.54, 1.807) is 0 Å². The number of carbonyl (C=O) groups is 1. The van der Waals surface area contributed by atoms with Gasteiger partial charge in [-0.05, 0) is 0 Å². The molecule has 17 heavy (non-hydrogen) atoms. The second kappa shape index (κ2) is 4.45. The van der Waals surface area contributed by atoms with Gasteiger partial charge in [0.25, 0.3) is 0 Å². The van der Waals surface area contributed by atoms with Crippen LogP contribution in [0.5, 0.6) is 11.6 Å². The normalized spacial score (nSPS) is 11.3. The topological polar surface area (TPSA) is 106 Å². The molecule has 0 bridgehead atoms. The number of nitrogens with zero attached hydrogens (tertiary/aromatic N) is 1. The first-order valence-corrected chi connectivity index (χ1v) is 4.16. The Hall–Kier alpha value is -2.03. The summed E-state index contributed by atoms with van der Waals surface area (Å²) in [5.41, 5.74) is 3.97. The summed E-state index contributed by atoms with van der Waals surface area (Å²) in [7, 11) is 0. The van der Waals surface area contributed by atoms with E-state index in [1.165, 1.54) is 0 Å². The van der Waals surface area contributed by atoms with Crippen LogP contribution in [0.1, 0.15) is 16.1 Å². The molecule has 1 rings (SSSR count). The lowest BCUT2D eigenvalue weighted by atomic mass is 10.2. The molecular weight excluding hydrogens is 245 g/mol. The largest absolute Gasteiger partial charge is 0.574 e. The zero-order valence-electron chi connectivity index (χ0n) is 8.15. The Morgan fingerprint density at radius 1 is 1.53 bits per heavy atom. The number of hydrogen-bond acceptors (Lipinski definition) is 5. The molecule has 1 heterocycles. The SMILES string of the molecule is NCc1cc(OC(F)(F)F)nc(C(=O)O)c1O. The van der Waals surface area contributed by atoms with E-state index in [2.05, 4.69) is 9.72 Å². The average Bonchev–Trinajstić information content (AvgIpc) is 2.17. The minimum atomic E-state index is -5.01. The quantitative estimate of drug-likeness (QED) is 0.736. The lowest BCUT2D eigenvalue weighted by Gasteiger charge is -2.11. The molecule has 0 unspecified atom stereocenters. The van der Waals surface area contributed by atoms with Gasteiger partial charge in [0.05, 0.1) is 0 Å². The van der Waals surface area contributed by atoms with Crippen molar-refractivity contribution in [3.05, 3.63) is 17.3 Å². The number of hydrogen-bond donors (Lipinski definition) is 3. The molecule has 94 valence electrons. The van der Waals surface area contributed by atoms with Crippen LogP contribution in [0.25, 0.3) is 0 Å². The highest BCUT2D eigenvalue weighted by Crippen LogP contribution is 2.28. The Bertz CT molecular complexity index is 447. The van der Waals surface area contributed by atoms with Crippen molar-refractivity contribution in [1.82, 2.24) is 4.98 Å². The fourth-order valence-corrected chi connectivity index (χ4v) is 1.04. The summed E-state index contributed by atoms with van der Waals surface area (Å²) in [6, 6.07) is 0.718. The summed E-state index contributed by atoms with van der Waals surface area (Å²) in [4.78, 5) is 13.6. The fourth-order valence-electron chi connectivity index (χ4n) is 1.04. The van der Waals surface area contributed by atoms with Crippen molar-refractivity contribution in [2.45, 2.75) is 12.9 Å². The molecule has 0 aliphatic carbocycles. The Morgan fingerprint density at radius 3 is 2.53 bits per heavy atom. The Balaban J connectivity index is 3.25. The number of aromatic hydroxyl groups is 1. The van der Waals surface area contributed by atoms with Crippen molar-refractivity contribution in [2.24, 2.45) is 5.73 Å². The van der Waals surface area contributed by atoms with Gasteiger partial charge in [-0.3, -0.25) is 0 Å². The molecule has 0 atom stereocenters. The van der Waals surface area contributed by atoms with Crippen LogP contribution in [-0.2, 0) is 6.54 Å². The van der Waals surface area contributed by atoms with Gasteiger partial charge in [0.2, 0.25) is 5.88 Å². The number of ether oxygens (including phenoxy) is 1. The smallest absolute Gasteiger partial charge is 0.505 e. The zero-order chi connectivity index (χ0) is 13.2. The molecule has 9 heteroatoms. The highest BCUT2D eigenvalue weighted by atomic mass is 19.4. The Kier molecular flexibility index (Phi) is 3.42. The first-order chi connectivity index (χ1) is 7.74. The van der Waals surface area contributed by atoms with Gasteiger partial charge in [0.1, 0.15) is 0 Å². The molecule has 0 aliphatic rings. The Labute approximate surface area is 92.4 Å². The molecule has 1 aromatic heterocycles. The second-order valence-electron chi connectivity index (χ2n) is 2.87. The van der Waals surface area contributed by atoms with E-state index in [0.717, 1.165) is 6.07 Å². The van der Waals surface area contributed by atoms with Crippen LogP contribution in [0.15, 0.2) is 6.07 Å². The van der Waals surface area contributed by atoms with Crippen molar-refractivity contribution in [3.63, 3.8) is 0 Å². The molecule has 0 aromatic carbocycles. The molecule has 6 nitrogen and oxygen atoms in total. The molecule has 1 aromatic rings. The van der Waals surface area contributed by atoms with Gasteiger partial charge in [0.15, 0.2) is 11.4 Å². The highest BCUT2D eigenvalue weighted by molar-refractivity contribution is 5.89. The fraction of sp³-hybridized carbons (Fsp3) is 0.250. The van der Waals surface area contributed by atoms with Gasteiger partial charge in [-0.25, -0.2) is 9.78 Å². The summed E-state index contributed by atoms with van der Waals surface area (Å²) < 4.78 is 39.2. The minimum Gasteiger partial charge on any atom is -0.505 e. The van der Waals surface area contributed by atoms with Gasteiger partial charge < -0.3 is 20.7 Å². The molecule has 0 saturated heterocycles. The molecular formula is C8H7F3N2O4. The van der Waals surface area contributed by atoms with E-state index in [4.69, 9.17) is 10.8 Å². The lowest BCUT2D eigenvalue weighted by molar-refractivity contribution is -0.276. The third-order valence-electron chi connectivity index (χ3n) is 1.69. The monoisotopic (exact) mass is 252 g/mol. The molecule has 0 spiro atoms. The van der Waals surface area contributed by atoms with Gasteiger partial charge in [-0.2, -0.15) is 0 Å². The highest BCUT2D eigenvalue weighted by Gasteiger charge is 2.33. The number of aromatic nitrogens is 1. The summed E-state index contributed by atoms with van der Waals surface area (Å²) >= 11 is 0. The van der Waals surface area contributed by atoms with Gasteiger partial charge in [0, 0.05) is 18.2 Å². The number of aromatic carboxylic acids is 1. The summed E-state index contributed by atoms with van der Waals surface area (Å²) in [5.74, 6) is -3.47. The van der Waals surface area contributed by atoms with Crippen molar-refractivity contribution in [2.75, 3.05) is 0 Å². The van der Waals surface area contributed by atoms with Crippen molar-refractivity contribution in [1.29, 1.82) is 0 Å². The first-order valence-electron chi connectivity index (χ1n) is 4.16. The molecule has 0 radical (unpaired) electrons. The number of halogens is 3. The van der Waals surface area contributed by atoms with Crippen LogP contribution in [0.2, 0.25) is 0 Å². The van der Waals surface area contributed by atoms with Crippen LogP contribution >= 0.6 is 0 Å². The zero-order valence-corrected chi connectivity index (χ0v) is 8.15. The second-order valence-corrected chi connectivity index (χ2v) is 2.87. The van der Waals surface area contributed by atoms with Crippen LogP contribution in [0, 0.1) is 0 Å². The maximum absolute atomic E-state index is 11.9. The molecule has 0 aliphatic heterocycles. The van der Waals surface area contributed by atoms with E-state index in [-0.39, 0.29) is 12.1 Å². The van der Waals surface area contributed by atoms with E-state index in [0.29, 0.717) is 0 Å². The minimum absolute atomic E-state index is 0.211. The maximum Gasteiger partial charge on any atom is 0.574 e. The summed E-state index contributed by atoms with van der Waals surface area (Å²) in [5, 5.41) is 17.9. The third-order valence-corrected chi connectivity index (χ3v) is 1.69. The van der Waals surface area contributed by atoms with Crippen LogP contribution in [-0.4, -0.2) is 27.5 Å². The number of carboxylic acids is 1. The number of pyridine rings is 1. The van der Waals surface area contributed by atoms with Crippen LogP contribution in [0.4, 0.5) is 13.2 Å². The first kappa shape index (κ1) is 13.0. The summed E-state index contributed by atoms with van der Waals surface area (Å²) in [6.07, 6.45) is -5.01. The van der Waals surface area contributed by atoms with Gasteiger partial charge in [-0.1, -0.05) is 0 Å². The van der Waals surface area contributed by atoms with Crippen LogP contribution < -0.4 is 10.5 Å². The van der Waals surface area contributed by atoms with Crippen LogP contribution in [0.3, 0.4) is 0 Å². The lowest BCUT2D eigenvalue weighted by Crippen LogP contribution is -2.19. The number of nitrogens with two attached hydrogens (primary N) is 1. The van der Waals surface area contributed by atoms with E-state index in [9.17, 15) is 23.1 Å². The van der Waals surface area contributed by atoms with Crippen molar-refractivity contribution in [3.8, 4) is 11.6 Å². The predicted octanol–water partition coefficient (Wildman–Crippen LogP) is 0.843. The predicted molar refractivity (Wildman–Crippen MR) is 47.4 cm³/mol. The summed E-state index contributed by atoms with van der Waals surface area (Å²) in [6.45, 7) is -0.358. The molecule has 0 fully saturated rings. The number of carboxylic acid groups (broad SMARTS) is 1. The molecule has 0 amide bonds.